The topological polar surface area (TPSA) is 52.6 Å². The Morgan fingerprint density at radius 2 is 1.95 bits per heavy atom. The molecule has 0 radical (unpaired) electrons. The van der Waals surface area contributed by atoms with Crippen LogP contribution < -0.4 is 4.74 Å². The van der Waals surface area contributed by atoms with E-state index in [1.54, 1.807) is 36.8 Å². The lowest BCUT2D eigenvalue weighted by molar-refractivity contribution is -0.117. The number of rotatable bonds is 6. The summed E-state index contributed by atoms with van der Waals surface area (Å²) in [5.41, 5.74) is 1.56. The van der Waals surface area contributed by atoms with Gasteiger partial charge in [0.05, 0.1) is 14.2 Å². The largest absolute Gasteiger partial charge is 0.496 e. The molecular weight excluding hydrogens is 324 g/mol. The first kappa shape index (κ1) is 16.5. The maximum Gasteiger partial charge on any atom is 0.348 e. The van der Waals surface area contributed by atoms with Crippen LogP contribution in [0, 0.1) is 0 Å². The predicted molar refractivity (Wildman–Crippen MR) is 86.1 cm³/mol. The van der Waals surface area contributed by atoms with Gasteiger partial charge in [0.2, 0.25) is 0 Å². The highest BCUT2D eigenvalue weighted by atomic mass is 35.5. The van der Waals surface area contributed by atoms with Crippen LogP contribution in [0.1, 0.15) is 20.8 Å². The summed E-state index contributed by atoms with van der Waals surface area (Å²) in [5, 5.41) is 2.35. The number of benzene rings is 1. The van der Waals surface area contributed by atoms with Crippen LogP contribution in [-0.4, -0.2) is 26.0 Å². The quantitative estimate of drug-likeness (QED) is 0.756. The number of hydrogen-bond acceptors (Lipinski definition) is 5. The molecule has 0 bridgehead atoms. The first-order chi connectivity index (χ1) is 10.5. The lowest BCUT2D eigenvalue weighted by Crippen LogP contribution is -2.07. The number of methoxy groups -OCH3 is 2. The van der Waals surface area contributed by atoms with E-state index in [0.717, 1.165) is 11.1 Å². The number of esters is 1. The summed E-state index contributed by atoms with van der Waals surface area (Å²) >= 11 is 7.22. The van der Waals surface area contributed by atoms with Gasteiger partial charge >= 0.3 is 5.97 Å². The van der Waals surface area contributed by atoms with Crippen molar-refractivity contribution in [3.63, 3.8) is 0 Å². The minimum Gasteiger partial charge on any atom is -0.496 e. The summed E-state index contributed by atoms with van der Waals surface area (Å²) in [5.74, 6) is 0.272. The molecule has 2 aromatic rings. The van der Waals surface area contributed by atoms with E-state index in [1.165, 1.54) is 18.4 Å². The van der Waals surface area contributed by atoms with Gasteiger partial charge in [-0.2, -0.15) is 0 Å². The third kappa shape index (κ3) is 4.08. The van der Waals surface area contributed by atoms with Gasteiger partial charge in [0, 0.05) is 23.4 Å². The number of carbonyl (C=O) groups is 2. The molecule has 1 aromatic heterocycles. The highest BCUT2D eigenvalue weighted by Gasteiger charge is 2.13. The first-order valence-electron chi connectivity index (χ1n) is 6.53. The summed E-state index contributed by atoms with van der Waals surface area (Å²) in [6, 6.07) is 6.87. The molecule has 0 spiro atoms. The summed E-state index contributed by atoms with van der Waals surface area (Å²) in [7, 11) is 2.89. The number of carbonyl (C=O) groups excluding carboxylic acids is 2. The second kappa shape index (κ2) is 7.42. The second-order valence-electron chi connectivity index (χ2n) is 4.66. The number of ketones is 1. The van der Waals surface area contributed by atoms with Gasteiger partial charge in [0.1, 0.15) is 16.4 Å². The Hall–Kier alpha value is -1.85. The molecule has 0 saturated carbocycles. The lowest BCUT2D eigenvalue weighted by Gasteiger charge is -2.08. The molecular formula is C16H15ClO4S. The molecule has 6 heteroatoms. The van der Waals surface area contributed by atoms with Crippen LogP contribution in [0.4, 0.5) is 0 Å². The van der Waals surface area contributed by atoms with Gasteiger partial charge in [-0.25, -0.2) is 4.79 Å². The van der Waals surface area contributed by atoms with Crippen molar-refractivity contribution in [1.29, 1.82) is 0 Å². The van der Waals surface area contributed by atoms with Crippen LogP contribution >= 0.6 is 22.9 Å². The van der Waals surface area contributed by atoms with Crippen LogP contribution in [0.3, 0.4) is 0 Å². The Labute approximate surface area is 137 Å². The Morgan fingerprint density at radius 3 is 2.64 bits per heavy atom. The smallest absolute Gasteiger partial charge is 0.348 e. The van der Waals surface area contributed by atoms with E-state index in [9.17, 15) is 9.59 Å². The zero-order valence-electron chi connectivity index (χ0n) is 12.2. The molecule has 2 rings (SSSR count). The monoisotopic (exact) mass is 338 g/mol. The predicted octanol–water partition coefficient (Wildman–Crippen LogP) is 3.55. The fraction of sp³-hybridized carbons (Fsp3) is 0.250. The second-order valence-corrected chi connectivity index (χ2v) is 6.01. The molecule has 0 aliphatic heterocycles. The summed E-state index contributed by atoms with van der Waals surface area (Å²) < 4.78 is 9.88. The highest BCUT2D eigenvalue weighted by molar-refractivity contribution is 7.12. The summed E-state index contributed by atoms with van der Waals surface area (Å²) in [6.07, 6.45) is 0.482. The molecule has 0 aliphatic rings. The standard InChI is InChI=1S/C16H15ClO4S/c1-20-14-4-3-12(17)7-11(14)8-13(18)5-10-6-15(22-9-10)16(19)21-2/h3-4,6-7,9H,5,8H2,1-2H3. The van der Waals surface area contributed by atoms with Crippen molar-refractivity contribution in [3.8, 4) is 5.75 Å². The minimum atomic E-state index is -0.389. The fourth-order valence-electron chi connectivity index (χ4n) is 2.06. The molecule has 1 aromatic carbocycles. The Kier molecular flexibility index (Phi) is 5.57. The number of thiophene rings is 1. The van der Waals surface area contributed by atoms with Gasteiger partial charge in [-0.05, 0) is 35.2 Å². The van der Waals surface area contributed by atoms with E-state index < -0.39 is 0 Å². The number of halogens is 1. The lowest BCUT2D eigenvalue weighted by atomic mass is 10.0. The van der Waals surface area contributed by atoms with Crippen LogP contribution in [0.25, 0.3) is 0 Å². The van der Waals surface area contributed by atoms with Crippen LogP contribution in [0.2, 0.25) is 5.02 Å². The van der Waals surface area contributed by atoms with E-state index in [2.05, 4.69) is 4.74 Å². The van der Waals surface area contributed by atoms with Crippen molar-refractivity contribution in [1.82, 2.24) is 0 Å². The Morgan fingerprint density at radius 1 is 1.18 bits per heavy atom. The van der Waals surface area contributed by atoms with Gasteiger partial charge in [-0.1, -0.05) is 11.6 Å². The average Bonchev–Trinajstić information content (AvgIpc) is 2.95. The zero-order valence-corrected chi connectivity index (χ0v) is 13.8. The minimum absolute atomic E-state index is 0.0229. The van der Waals surface area contributed by atoms with Crippen molar-refractivity contribution in [3.05, 3.63) is 50.7 Å². The normalized spacial score (nSPS) is 10.3. The molecule has 0 aliphatic carbocycles. The summed E-state index contributed by atoms with van der Waals surface area (Å²) in [6.45, 7) is 0. The van der Waals surface area contributed by atoms with Crippen LogP contribution in [0.5, 0.6) is 5.75 Å². The Balaban J connectivity index is 2.06. The van der Waals surface area contributed by atoms with Crippen LogP contribution in [-0.2, 0) is 22.4 Å². The van der Waals surface area contributed by atoms with Gasteiger partial charge in [-0.15, -0.1) is 11.3 Å². The van der Waals surface area contributed by atoms with Crippen molar-refractivity contribution in [2.75, 3.05) is 14.2 Å². The Bertz CT molecular complexity index is 693. The van der Waals surface area contributed by atoms with E-state index >= 15 is 0 Å². The zero-order chi connectivity index (χ0) is 16.1. The SMILES string of the molecule is COC(=O)c1cc(CC(=O)Cc2cc(Cl)ccc2OC)cs1. The van der Waals surface area contributed by atoms with E-state index in [-0.39, 0.29) is 24.6 Å². The number of Topliss-reactive ketones (excluding diaryl/α,β-unsaturated/α-hetero) is 1. The molecule has 4 nitrogen and oxygen atoms in total. The maximum atomic E-state index is 12.2. The van der Waals surface area contributed by atoms with Crippen molar-refractivity contribution in [2.24, 2.45) is 0 Å². The summed E-state index contributed by atoms with van der Waals surface area (Å²) in [4.78, 5) is 24.1. The molecule has 0 fully saturated rings. The fourth-order valence-corrected chi connectivity index (χ4v) is 3.09. The highest BCUT2D eigenvalue weighted by Crippen LogP contribution is 2.24. The van der Waals surface area contributed by atoms with Crippen LogP contribution in [0.15, 0.2) is 29.6 Å². The van der Waals surface area contributed by atoms with E-state index in [1.807, 2.05) is 0 Å². The molecule has 0 atom stereocenters. The van der Waals surface area contributed by atoms with Crippen molar-refractivity contribution < 1.29 is 19.1 Å². The van der Waals surface area contributed by atoms with Gasteiger partial charge in [0.15, 0.2) is 0 Å². The van der Waals surface area contributed by atoms with Gasteiger partial charge in [-0.3, -0.25) is 4.79 Å². The third-order valence-electron chi connectivity index (χ3n) is 3.07. The van der Waals surface area contributed by atoms with Crippen molar-refractivity contribution >= 4 is 34.7 Å². The number of ether oxygens (including phenoxy) is 2. The maximum absolute atomic E-state index is 12.2. The van der Waals surface area contributed by atoms with E-state index in [4.69, 9.17) is 16.3 Å². The molecule has 22 heavy (non-hydrogen) atoms. The first-order valence-corrected chi connectivity index (χ1v) is 7.79. The molecule has 0 N–H and O–H groups in total. The third-order valence-corrected chi connectivity index (χ3v) is 4.27. The van der Waals surface area contributed by atoms with Gasteiger partial charge in [0.25, 0.3) is 0 Å². The molecule has 0 saturated heterocycles. The molecule has 0 unspecified atom stereocenters. The van der Waals surface area contributed by atoms with E-state index in [0.29, 0.717) is 15.6 Å². The molecule has 116 valence electrons. The number of hydrogen-bond donors (Lipinski definition) is 0. The average molecular weight is 339 g/mol. The molecule has 1 heterocycles. The van der Waals surface area contributed by atoms with Crippen molar-refractivity contribution in [2.45, 2.75) is 12.8 Å². The molecule has 0 amide bonds. The van der Waals surface area contributed by atoms with Gasteiger partial charge < -0.3 is 9.47 Å².